The molecule has 1 N–H and O–H groups in total. The maximum atomic E-state index is 16.2. The van der Waals surface area contributed by atoms with Crippen LogP contribution in [0.5, 0.6) is 0 Å². The minimum atomic E-state index is -4.38. The summed E-state index contributed by atoms with van der Waals surface area (Å²) in [5.74, 6) is -1.54. The number of nitrogens with one attached hydrogen (secondary N) is 1. The standard InChI is InChI=1S/C20H26ClFN2O4S/c21-17-9-12-19(17)10-7-16(8-11-19)20(22,29(26,27)24-13-4-14-24)28-23-18(25)15-5-2-1-3-6-15/h1-3,5-6,16-17H,4,7-14H2,(H,23,25). The molecule has 160 valence electrons. The molecule has 4 rings (SSSR count). The first-order chi connectivity index (χ1) is 13.8. The van der Waals surface area contributed by atoms with E-state index in [1.54, 1.807) is 30.3 Å². The maximum absolute atomic E-state index is 16.2. The van der Waals surface area contributed by atoms with Gasteiger partial charge in [0.05, 0.1) is 0 Å². The Morgan fingerprint density at radius 3 is 2.28 bits per heavy atom. The summed E-state index contributed by atoms with van der Waals surface area (Å²) in [6, 6.07) is 8.16. The van der Waals surface area contributed by atoms with Crippen LogP contribution in [0.2, 0.25) is 0 Å². The van der Waals surface area contributed by atoms with E-state index >= 15 is 4.39 Å². The van der Waals surface area contributed by atoms with Crippen molar-refractivity contribution in [1.29, 1.82) is 0 Å². The Bertz CT molecular complexity index is 856. The fraction of sp³-hybridized carbons (Fsp3) is 0.650. The lowest BCUT2D eigenvalue weighted by molar-refractivity contribution is -0.167. The number of hydrogen-bond donors (Lipinski definition) is 1. The smallest absolute Gasteiger partial charge is 0.267 e. The SMILES string of the molecule is O=C(NOC(F)(C1CCC2(CCC2Cl)CC1)S(=O)(=O)N1CCC1)c1ccccc1. The predicted molar refractivity (Wildman–Crippen MR) is 107 cm³/mol. The highest BCUT2D eigenvalue weighted by molar-refractivity contribution is 7.90. The molecule has 2 atom stereocenters. The molecule has 0 aromatic heterocycles. The lowest BCUT2D eigenvalue weighted by Crippen LogP contribution is -2.59. The van der Waals surface area contributed by atoms with E-state index in [0.717, 1.165) is 17.1 Å². The number of carbonyl (C=O) groups is 1. The quantitative estimate of drug-likeness (QED) is 0.537. The van der Waals surface area contributed by atoms with Crippen molar-refractivity contribution in [2.24, 2.45) is 11.3 Å². The van der Waals surface area contributed by atoms with Gasteiger partial charge in [0, 0.05) is 29.9 Å². The fourth-order valence-electron chi connectivity index (χ4n) is 4.58. The summed E-state index contributed by atoms with van der Waals surface area (Å²) < 4.78 is 43.4. The van der Waals surface area contributed by atoms with E-state index in [1.807, 2.05) is 0 Å². The molecule has 1 spiro atoms. The molecule has 6 nitrogen and oxygen atoms in total. The maximum Gasteiger partial charge on any atom is 0.348 e. The van der Waals surface area contributed by atoms with Crippen LogP contribution in [0, 0.1) is 11.3 Å². The number of hydroxylamine groups is 1. The topological polar surface area (TPSA) is 75.7 Å². The number of carbonyl (C=O) groups excluding carboxylic acids is 1. The molecule has 2 aliphatic carbocycles. The van der Waals surface area contributed by atoms with Crippen molar-refractivity contribution in [3.8, 4) is 0 Å². The van der Waals surface area contributed by atoms with Gasteiger partial charge in [-0.3, -0.25) is 4.79 Å². The van der Waals surface area contributed by atoms with E-state index in [1.165, 1.54) is 0 Å². The number of sulfonamides is 1. The van der Waals surface area contributed by atoms with E-state index < -0.39 is 27.0 Å². The van der Waals surface area contributed by atoms with Gasteiger partial charge in [-0.1, -0.05) is 18.2 Å². The number of halogens is 2. The third kappa shape index (κ3) is 3.58. The molecular formula is C20H26ClFN2O4S. The van der Waals surface area contributed by atoms with Gasteiger partial charge in [0.1, 0.15) is 0 Å². The molecule has 0 bridgehead atoms. The van der Waals surface area contributed by atoms with E-state index in [-0.39, 0.29) is 29.4 Å². The molecule has 2 unspecified atom stereocenters. The van der Waals surface area contributed by atoms with Crippen molar-refractivity contribution in [2.75, 3.05) is 13.1 Å². The number of benzene rings is 1. The lowest BCUT2D eigenvalue weighted by atomic mass is 9.58. The highest BCUT2D eigenvalue weighted by atomic mass is 35.5. The number of amides is 1. The predicted octanol–water partition coefficient (Wildman–Crippen LogP) is 3.58. The van der Waals surface area contributed by atoms with E-state index in [0.29, 0.717) is 32.1 Å². The zero-order valence-electron chi connectivity index (χ0n) is 16.1. The summed E-state index contributed by atoms with van der Waals surface area (Å²) in [6.07, 6.45) is 4.68. The number of hydrogen-bond acceptors (Lipinski definition) is 4. The van der Waals surface area contributed by atoms with Crippen molar-refractivity contribution >= 4 is 27.5 Å². The molecule has 3 fully saturated rings. The highest BCUT2D eigenvalue weighted by Gasteiger charge is 2.60. The zero-order valence-corrected chi connectivity index (χ0v) is 17.7. The van der Waals surface area contributed by atoms with Crippen molar-refractivity contribution in [1.82, 2.24) is 9.79 Å². The largest absolute Gasteiger partial charge is 0.348 e. The van der Waals surface area contributed by atoms with Crippen LogP contribution in [0.15, 0.2) is 30.3 Å². The molecular weight excluding hydrogens is 419 g/mol. The molecule has 1 aliphatic heterocycles. The van der Waals surface area contributed by atoms with Gasteiger partial charge in [-0.25, -0.2) is 18.7 Å². The van der Waals surface area contributed by atoms with Crippen LogP contribution in [0.3, 0.4) is 0 Å². The van der Waals surface area contributed by atoms with Crippen LogP contribution in [-0.4, -0.2) is 42.3 Å². The molecule has 0 radical (unpaired) electrons. The second-order valence-electron chi connectivity index (χ2n) is 8.38. The third-order valence-electron chi connectivity index (χ3n) is 6.85. The second-order valence-corrected chi connectivity index (χ2v) is 10.9. The Hall–Kier alpha value is -1.22. The molecule has 9 heteroatoms. The molecule has 29 heavy (non-hydrogen) atoms. The van der Waals surface area contributed by atoms with Crippen LogP contribution in [0.25, 0.3) is 0 Å². The number of alkyl halides is 2. The van der Waals surface area contributed by atoms with E-state index in [9.17, 15) is 13.2 Å². The summed E-state index contributed by atoms with van der Waals surface area (Å²) in [5, 5.41) is -2.92. The minimum Gasteiger partial charge on any atom is -0.267 e. The molecule has 1 amide bonds. The van der Waals surface area contributed by atoms with E-state index in [4.69, 9.17) is 16.4 Å². The molecule has 2 saturated carbocycles. The van der Waals surface area contributed by atoms with Gasteiger partial charge in [0.2, 0.25) is 0 Å². The molecule has 3 aliphatic rings. The Morgan fingerprint density at radius 2 is 1.79 bits per heavy atom. The average molecular weight is 445 g/mol. The van der Waals surface area contributed by atoms with Crippen molar-refractivity contribution < 1.29 is 22.4 Å². The summed E-state index contributed by atoms with van der Waals surface area (Å²) in [4.78, 5) is 17.5. The summed E-state index contributed by atoms with van der Waals surface area (Å²) in [7, 11) is -4.38. The van der Waals surface area contributed by atoms with Crippen LogP contribution < -0.4 is 5.48 Å². The Labute approximate surface area is 175 Å². The van der Waals surface area contributed by atoms with Crippen molar-refractivity contribution in [2.45, 2.75) is 55.5 Å². The average Bonchev–Trinajstić information content (AvgIpc) is 2.69. The van der Waals surface area contributed by atoms with Gasteiger partial charge in [0.15, 0.2) is 0 Å². The zero-order chi connectivity index (χ0) is 20.7. The Morgan fingerprint density at radius 1 is 1.17 bits per heavy atom. The first kappa shape index (κ1) is 21.0. The molecule has 1 heterocycles. The normalized spacial score (nSPS) is 32.1. The van der Waals surface area contributed by atoms with Gasteiger partial charge in [-0.05, 0) is 62.5 Å². The monoisotopic (exact) mass is 444 g/mol. The number of rotatable bonds is 6. The third-order valence-corrected chi connectivity index (χ3v) is 9.70. The number of nitrogens with zero attached hydrogens (tertiary/aromatic N) is 1. The van der Waals surface area contributed by atoms with E-state index in [2.05, 4.69) is 5.48 Å². The molecule has 1 aromatic rings. The summed E-state index contributed by atoms with van der Waals surface area (Å²) in [6.45, 7) is 0.537. The van der Waals surface area contributed by atoms with Crippen molar-refractivity contribution in [3.05, 3.63) is 35.9 Å². The van der Waals surface area contributed by atoms with Gasteiger partial charge < -0.3 is 0 Å². The van der Waals surface area contributed by atoms with Crippen LogP contribution in [0.4, 0.5) is 4.39 Å². The fourth-order valence-corrected chi connectivity index (χ4v) is 6.91. The van der Waals surface area contributed by atoms with Crippen molar-refractivity contribution in [3.63, 3.8) is 0 Å². The summed E-state index contributed by atoms with van der Waals surface area (Å²) in [5.41, 5.74) is 2.31. The van der Waals surface area contributed by atoms with Gasteiger partial charge in [-0.15, -0.1) is 11.6 Å². The first-order valence-electron chi connectivity index (χ1n) is 10.1. The van der Waals surface area contributed by atoms with Crippen LogP contribution >= 0.6 is 11.6 Å². The Kier molecular flexibility index (Phi) is 5.65. The van der Waals surface area contributed by atoms with Gasteiger partial charge >= 0.3 is 5.19 Å². The Balaban J connectivity index is 1.52. The van der Waals surface area contributed by atoms with Gasteiger partial charge in [0.25, 0.3) is 15.9 Å². The molecule has 1 aromatic carbocycles. The second kappa shape index (κ2) is 7.80. The molecule has 1 saturated heterocycles. The van der Waals surface area contributed by atoms with Gasteiger partial charge in [-0.2, -0.15) is 8.70 Å². The van der Waals surface area contributed by atoms with Crippen LogP contribution in [0.1, 0.15) is 55.3 Å². The lowest BCUT2D eigenvalue weighted by Gasteiger charge is -2.52. The minimum absolute atomic E-state index is 0.00717. The first-order valence-corrected chi connectivity index (χ1v) is 12.0. The highest BCUT2D eigenvalue weighted by Crippen LogP contribution is 2.57. The van der Waals surface area contributed by atoms with Crippen LogP contribution in [-0.2, 0) is 14.9 Å². The summed E-state index contributed by atoms with van der Waals surface area (Å²) >= 11 is 6.38.